The van der Waals surface area contributed by atoms with E-state index in [9.17, 15) is 4.79 Å². The molecule has 1 saturated heterocycles. The molecule has 5 heteroatoms. The molecule has 1 aromatic carbocycles. The molecule has 0 aromatic heterocycles. The number of rotatable bonds is 4. The second kappa shape index (κ2) is 6.72. The van der Waals surface area contributed by atoms with Gasteiger partial charge in [0.1, 0.15) is 12.7 Å². The molecule has 1 atom stereocenters. The number of hydrogen-bond donors (Lipinski definition) is 1. The summed E-state index contributed by atoms with van der Waals surface area (Å²) in [6.07, 6.45) is -0.0591. The van der Waals surface area contributed by atoms with Crippen LogP contribution in [0.1, 0.15) is 24.2 Å². The van der Waals surface area contributed by atoms with Gasteiger partial charge in [-0.15, -0.1) is 0 Å². The third kappa shape index (κ3) is 3.95. The Labute approximate surface area is 119 Å². The fraction of sp³-hybridized carbons (Fsp3) is 0.533. The number of nitrogens with zero attached hydrogens (tertiary/aromatic N) is 1. The van der Waals surface area contributed by atoms with E-state index >= 15 is 0 Å². The predicted octanol–water partition coefficient (Wildman–Crippen LogP) is 1.53. The first kappa shape index (κ1) is 14.8. The molecule has 2 rings (SSSR count). The lowest BCUT2D eigenvalue weighted by molar-refractivity contribution is -0.0662. The van der Waals surface area contributed by atoms with Crippen molar-refractivity contribution in [3.63, 3.8) is 0 Å². The molecular formula is C15H22N2O3. The van der Waals surface area contributed by atoms with E-state index in [1.807, 2.05) is 0 Å². The maximum atomic E-state index is 11.9. The van der Waals surface area contributed by atoms with Crippen LogP contribution >= 0.6 is 0 Å². The monoisotopic (exact) mass is 278 g/mol. The largest absolute Gasteiger partial charge is 0.459 e. The SMILES string of the molecule is CC(C)N1CCOC(COC(=O)c2cccc(N)c2)C1. The fourth-order valence-electron chi connectivity index (χ4n) is 2.23. The first-order valence-electron chi connectivity index (χ1n) is 6.94. The van der Waals surface area contributed by atoms with Crippen LogP contribution in [0.25, 0.3) is 0 Å². The average Bonchev–Trinajstić information content (AvgIpc) is 2.45. The molecule has 0 amide bonds. The van der Waals surface area contributed by atoms with Crippen molar-refractivity contribution in [2.75, 3.05) is 32.0 Å². The number of nitrogen functional groups attached to an aromatic ring is 1. The lowest BCUT2D eigenvalue weighted by atomic mass is 10.2. The molecule has 1 heterocycles. The van der Waals surface area contributed by atoms with Gasteiger partial charge in [0, 0.05) is 24.8 Å². The summed E-state index contributed by atoms with van der Waals surface area (Å²) in [5.41, 5.74) is 6.68. The molecule has 0 aliphatic carbocycles. The Bertz CT molecular complexity index is 462. The van der Waals surface area contributed by atoms with Crippen LogP contribution in [0.4, 0.5) is 5.69 Å². The highest BCUT2D eigenvalue weighted by Gasteiger charge is 2.23. The molecule has 0 spiro atoms. The predicted molar refractivity (Wildman–Crippen MR) is 77.6 cm³/mol. The molecule has 20 heavy (non-hydrogen) atoms. The van der Waals surface area contributed by atoms with Gasteiger partial charge >= 0.3 is 5.97 Å². The summed E-state index contributed by atoms with van der Waals surface area (Å²) in [5.74, 6) is -0.359. The van der Waals surface area contributed by atoms with Crippen LogP contribution in [0, 0.1) is 0 Å². The van der Waals surface area contributed by atoms with Crippen molar-refractivity contribution in [3.05, 3.63) is 29.8 Å². The maximum absolute atomic E-state index is 11.9. The molecule has 1 aliphatic rings. The highest BCUT2D eigenvalue weighted by molar-refractivity contribution is 5.90. The second-order valence-corrected chi connectivity index (χ2v) is 5.31. The van der Waals surface area contributed by atoms with Crippen molar-refractivity contribution in [1.82, 2.24) is 4.90 Å². The van der Waals surface area contributed by atoms with E-state index in [1.165, 1.54) is 0 Å². The summed E-state index contributed by atoms with van der Waals surface area (Å²) in [7, 11) is 0. The van der Waals surface area contributed by atoms with Crippen LogP contribution in [-0.2, 0) is 9.47 Å². The standard InChI is InChI=1S/C15H22N2O3/c1-11(2)17-6-7-19-14(9-17)10-20-15(18)12-4-3-5-13(16)8-12/h3-5,8,11,14H,6-7,9-10,16H2,1-2H3. The minimum atomic E-state index is -0.359. The summed E-state index contributed by atoms with van der Waals surface area (Å²) >= 11 is 0. The van der Waals surface area contributed by atoms with Gasteiger partial charge in [-0.1, -0.05) is 6.07 Å². The van der Waals surface area contributed by atoms with E-state index in [2.05, 4.69) is 18.7 Å². The van der Waals surface area contributed by atoms with Crippen molar-refractivity contribution in [1.29, 1.82) is 0 Å². The summed E-state index contributed by atoms with van der Waals surface area (Å²) < 4.78 is 10.9. The summed E-state index contributed by atoms with van der Waals surface area (Å²) in [5, 5.41) is 0. The molecule has 2 N–H and O–H groups in total. The van der Waals surface area contributed by atoms with Crippen molar-refractivity contribution in [2.24, 2.45) is 0 Å². The molecule has 5 nitrogen and oxygen atoms in total. The quantitative estimate of drug-likeness (QED) is 0.668. The third-order valence-electron chi connectivity index (χ3n) is 3.42. The lowest BCUT2D eigenvalue weighted by Gasteiger charge is -2.35. The van der Waals surface area contributed by atoms with Crippen molar-refractivity contribution < 1.29 is 14.3 Å². The number of carbonyl (C=O) groups excluding carboxylic acids is 1. The summed E-state index contributed by atoms with van der Waals surface area (Å²) in [6.45, 7) is 6.98. The van der Waals surface area contributed by atoms with Crippen LogP contribution < -0.4 is 5.73 Å². The summed E-state index contributed by atoms with van der Waals surface area (Å²) in [6, 6.07) is 7.27. The number of ether oxygens (including phenoxy) is 2. The number of hydrogen-bond acceptors (Lipinski definition) is 5. The number of carbonyl (C=O) groups is 1. The van der Waals surface area contributed by atoms with Gasteiger partial charge in [0.2, 0.25) is 0 Å². The van der Waals surface area contributed by atoms with Crippen molar-refractivity contribution in [2.45, 2.75) is 26.0 Å². The van der Waals surface area contributed by atoms with Crippen LogP contribution in [0.15, 0.2) is 24.3 Å². The van der Waals surface area contributed by atoms with Gasteiger partial charge in [0.25, 0.3) is 0 Å². The number of nitrogens with two attached hydrogens (primary N) is 1. The van der Waals surface area contributed by atoms with Gasteiger partial charge in [-0.2, -0.15) is 0 Å². The molecule has 0 radical (unpaired) electrons. The number of esters is 1. The van der Waals surface area contributed by atoms with E-state index in [4.69, 9.17) is 15.2 Å². The number of anilines is 1. The van der Waals surface area contributed by atoms with Crippen LogP contribution in [0.5, 0.6) is 0 Å². The Morgan fingerprint density at radius 3 is 3.05 bits per heavy atom. The highest BCUT2D eigenvalue weighted by atomic mass is 16.6. The van der Waals surface area contributed by atoms with E-state index in [0.29, 0.717) is 23.9 Å². The zero-order valence-corrected chi connectivity index (χ0v) is 12.0. The Balaban J connectivity index is 1.84. The van der Waals surface area contributed by atoms with Gasteiger partial charge in [0.05, 0.1) is 12.2 Å². The second-order valence-electron chi connectivity index (χ2n) is 5.31. The zero-order chi connectivity index (χ0) is 14.5. The molecule has 1 fully saturated rings. The van der Waals surface area contributed by atoms with Gasteiger partial charge < -0.3 is 15.2 Å². The topological polar surface area (TPSA) is 64.8 Å². The van der Waals surface area contributed by atoms with Gasteiger partial charge in [-0.05, 0) is 32.0 Å². The van der Waals surface area contributed by atoms with Crippen molar-refractivity contribution in [3.8, 4) is 0 Å². The van der Waals surface area contributed by atoms with E-state index in [-0.39, 0.29) is 18.7 Å². The summed E-state index contributed by atoms with van der Waals surface area (Å²) in [4.78, 5) is 14.2. The smallest absolute Gasteiger partial charge is 0.338 e. The van der Waals surface area contributed by atoms with Gasteiger partial charge in [-0.25, -0.2) is 4.79 Å². The zero-order valence-electron chi connectivity index (χ0n) is 12.0. The van der Waals surface area contributed by atoms with E-state index in [1.54, 1.807) is 24.3 Å². The Kier molecular flexibility index (Phi) is 4.98. The van der Waals surface area contributed by atoms with E-state index in [0.717, 1.165) is 13.1 Å². The molecule has 1 aliphatic heterocycles. The van der Waals surface area contributed by atoms with Crippen molar-refractivity contribution >= 4 is 11.7 Å². The molecule has 0 saturated carbocycles. The average molecular weight is 278 g/mol. The van der Waals surface area contributed by atoms with Crippen LogP contribution in [0.3, 0.4) is 0 Å². The highest BCUT2D eigenvalue weighted by Crippen LogP contribution is 2.11. The minimum Gasteiger partial charge on any atom is -0.459 e. The van der Waals surface area contributed by atoms with Crippen LogP contribution in [0.2, 0.25) is 0 Å². The number of morpholine rings is 1. The van der Waals surface area contributed by atoms with Gasteiger partial charge in [0.15, 0.2) is 0 Å². The molecule has 0 bridgehead atoms. The lowest BCUT2D eigenvalue weighted by Crippen LogP contribution is -2.47. The normalized spacial score (nSPS) is 20.1. The first-order valence-corrected chi connectivity index (χ1v) is 6.94. The van der Waals surface area contributed by atoms with Gasteiger partial charge in [-0.3, -0.25) is 4.90 Å². The molecule has 110 valence electrons. The minimum absolute atomic E-state index is 0.0591. The number of benzene rings is 1. The maximum Gasteiger partial charge on any atom is 0.338 e. The van der Waals surface area contributed by atoms with Crippen LogP contribution in [-0.4, -0.2) is 49.3 Å². The Morgan fingerprint density at radius 2 is 2.35 bits per heavy atom. The van der Waals surface area contributed by atoms with E-state index < -0.39 is 0 Å². The Morgan fingerprint density at radius 1 is 1.55 bits per heavy atom. The Hall–Kier alpha value is -1.59. The third-order valence-corrected chi connectivity index (χ3v) is 3.42. The molecular weight excluding hydrogens is 256 g/mol. The molecule has 1 unspecified atom stereocenters. The fourth-order valence-corrected chi connectivity index (χ4v) is 2.23. The molecule has 1 aromatic rings. The first-order chi connectivity index (χ1) is 9.56.